The number of nitrogen functional groups attached to an aromatic ring is 1. The van der Waals surface area contributed by atoms with E-state index in [9.17, 15) is 4.39 Å². The van der Waals surface area contributed by atoms with Gasteiger partial charge >= 0.3 is 0 Å². The van der Waals surface area contributed by atoms with Gasteiger partial charge in [-0.25, -0.2) is 4.39 Å². The average Bonchev–Trinajstić information content (AvgIpc) is 2.58. The topological polar surface area (TPSA) is 52.0 Å². The normalized spacial score (nSPS) is 10.6. The third kappa shape index (κ3) is 1.58. The molecule has 1 heterocycles. The molecule has 15 heavy (non-hydrogen) atoms. The number of benzene rings is 1. The largest absolute Gasteiger partial charge is 0.367 e. The third-order valence-corrected chi connectivity index (χ3v) is 2.47. The molecular formula is C11H11FN2O. The first-order valence-electron chi connectivity index (χ1n) is 4.57. The summed E-state index contributed by atoms with van der Waals surface area (Å²) in [6.45, 7) is 3.78. The van der Waals surface area contributed by atoms with Gasteiger partial charge in [-0.2, -0.15) is 0 Å². The SMILES string of the molecule is Cc1cc(F)c(-c2cnoc2N)cc1C. The highest BCUT2D eigenvalue weighted by atomic mass is 19.1. The smallest absolute Gasteiger partial charge is 0.230 e. The minimum Gasteiger partial charge on any atom is -0.367 e. The fourth-order valence-electron chi connectivity index (χ4n) is 1.44. The molecule has 0 aliphatic rings. The molecule has 0 fully saturated rings. The number of aromatic nitrogens is 1. The number of hydrogen-bond acceptors (Lipinski definition) is 3. The van der Waals surface area contributed by atoms with Crippen molar-refractivity contribution in [2.24, 2.45) is 0 Å². The highest BCUT2D eigenvalue weighted by Gasteiger charge is 2.13. The molecule has 0 aliphatic carbocycles. The highest BCUT2D eigenvalue weighted by Crippen LogP contribution is 2.29. The third-order valence-electron chi connectivity index (χ3n) is 2.47. The van der Waals surface area contributed by atoms with E-state index in [4.69, 9.17) is 10.3 Å². The summed E-state index contributed by atoms with van der Waals surface area (Å²) in [5, 5.41) is 3.52. The van der Waals surface area contributed by atoms with Crippen LogP contribution >= 0.6 is 0 Å². The second kappa shape index (κ2) is 3.38. The summed E-state index contributed by atoms with van der Waals surface area (Å²) in [4.78, 5) is 0. The summed E-state index contributed by atoms with van der Waals surface area (Å²) >= 11 is 0. The number of rotatable bonds is 1. The highest BCUT2D eigenvalue weighted by molar-refractivity contribution is 5.73. The predicted octanol–water partition coefficient (Wildman–Crippen LogP) is 2.68. The Hall–Kier alpha value is -1.84. The maximum atomic E-state index is 13.6. The van der Waals surface area contributed by atoms with Crippen LogP contribution in [0.3, 0.4) is 0 Å². The Balaban J connectivity index is 2.64. The van der Waals surface area contributed by atoms with Crippen LogP contribution in [0.4, 0.5) is 10.3 Å². The van der Waals surface area contributed by atoms with E-state index in [1.165, 1.54) is 12.3 Å². The first-order chi connectivity index (χ1) is 7.09. The molecule has 0 aliphatic heterocycles. The van der Waals surface area contributed by atoms with Gasteiger partial charge in [0.1, 0.15) is 5.82 Å². The molecule has 2 N–H and O–H groups in total. The lowest BCUT2D eigenvalue weighted by atomic mass is 10.0. The van der Waals surface area contributed by atoms with Crippen molar-refractivity contribution >= 4 is 5.88 Å². The molecule has 3 nitrogen and oxygen atoms in total. The van der Waals surface area contributed by atoms with Gasteiger partial charge in [-0.05, 0) is 37.1 Å². The van der Waals surface area contributed by atoms with Crippen LogP contribution < -0.4 is 5.73 Å². The summed E-state index contributed by atoms with van der Waals surface area (Å²) in [6.07, 6.45) is 1.42. The maximum Gasteiger partial charge on any atom is 0.230 e. The summed E-state index contributed by atoms with van der Waals surface area (Å²) < 4.78 is 18.4. The van der Waals surface area contributed by atoms with Crippen LogP contribution in [-0.2, 0) is 0 Å². The van der Waals surface area contributed by atoms with Crippen LogP contribution in [-0.4, -0.2) is 5.16 Å². The number of nitrogens with two attached hydrogens (primary N) is 1. The van der Waals surface area contributed by atoms with Crippen LogP contribution in [0.25, 0.3) is 11.1 Å². The molecule has 2 rings (SSSR count). The number of hydrogen-bond donors (Lipinski definition) is 1. The summed E-state index contributed by atoms with van der Waals surface area (Å²) in [7, 11) is 0. The first-order valence-corrected chi connectivity index (χ1v) is 4.57. The van der Waals surface area contributed by atoms with E-state index >= 15 is 0 Å². The Morgan fingerprint density at radius 2 is 1.87 bits per heavy atom. The van der Waals surface area contributed by atoms with E-state index in [1.807, 2.05) is 13.8 Å². The molecule has 2 aromatic rings. The molecule has 0 unspecified atom stereocenters. The van der Waals surface area contributed by atoms with E-state index < -0.39 is 0 Å². The Bertz CT molecular complexity index is 505. The molecule has 4 heteroatoms. The monoisotopic (exact) mass is 206 g/mol. The molecule has 0 saturated heterocycles. The van der Waals surface area contributed by atoms with Gasteiger partial charge in [0.05, 0.1) is 11.8 Å². The zero-order valence-electron chi connectivity index (χ0n) is 8.54. The van der Waals surface area contributed by atoms with Crippen LogP contribution in [0, 0.1) is 19.7 Å². The zero-order chi connectivity index (χ0) is 11.0. The van der Waals surface area contributed by atoms with Crippen molar-refractivity contribution < 1.29 is 8.91 Å². The molecule has 1 aromatic carbocycles. The lowest BCUT2D eigenvalue weighted by Crippen LogP contribution is -1.91. The van der Waals surface area contributed by atoms with Crippen molar-refractivity contribution in [3.8, 4) is 11.1 Å². The first kappa shape index (κ1) is 9.71. The Morgan fingerprint density at radius 3 is 2.47 bits per heavy atom. The van der Waals surface area contributed by atoms with Gasteiger partial charge in [0.15, 0.2) is 0 Å². The average molecular weight is 206 g/mol. The number of anilines is 1. The Morgan fingerprint density at radius 1 is 1.20 bits per heavy atom. The number of halogens is 1. The molecule has 0 spiro atoms. The van der Waals surface area contributed by atoms with Gasteiger partial charge in [-0.1, -0.05) is 5.16 Å². The van der Waals surface area contributed by atoms with Crippen LogP contribution in [0.2, 0.25) is 0 Å². The molecule has 0 bridgehead atoms. The van der Waals surface area contributed by atoms with Crippen molar-refractivity contribution in [1.29, 1.82) is 0 Å². The van der Waals surface area contributed by atoms with Gasteiger partial charge in [0, 0.05) is 5.56 Å². The van der Waals surface area contributed by atoms with Gasteiger partial charge in [0.25, 0.3) is 0 Å². The van der Waals surface area contributed by atoms with Crippen molar-refractivity contribution in [3.05, 3.63) is 35.3 Å². The van der Waals surface area contributed by atoms with E-state index in [0.717, 1.165) is 11.1 Å². The molecule has 0 atom stereocenters. The fraction of sp³-hybridized carbons (Fsp3) is 0.182. The van der Waals surface area contributed by atoms with Crippen LogP contribution in [0.1, 0.15) is 11.1 Å². The summed E-state index contributed by atoms with van der Waals surface area (Å²) in [5.74, 6) is -0.176. The summed E-state index contributed by atoms with van der Waals surface area (Å²) in [5.41, 5.74) is 8.37. The maximum absolute atomic E-state index is 13.6. The van der Waals surface area contributed by atoms with Gasteiger partial charge in [-0.15, -0.1) is 0 Å². The zero-order valence-corrected chi connectivity index (χ0v) is 8.54. The molecule has 1 aromatic heterocycles. The Kier molecular flexibility index (Phi) is 2.19. The molecular weight excluding hydrogens is 195 g/mol. The second-order valence-corrected chi connectivity index (χ2v) is 3.52. The van der Waals surface area contributed by atoms with E-state index in [-0.39, 0.29) is 11.7 Å². The molecule has 78 valence electrons. The molecule has 0 radical (unpaired) electrons. The summed E-state index contributed by atoms with van der Waals surface area (Å²) in [6, 6.07) is 3.23. The quantitative estimate of drug-likeness (QED) is 0.780. The van der Waals surface area contributed by atoms with E-state index in [2.05, 4.69) is 5.16 Å². The standard InChI is InChI=1S/C11H11FN2O/c1-6-3-8(10(12)4-7(6)2)9-5-14-15-11(9)13/h3-5H,13H2,1-2H3. The molecule has 0 amide bonds. The van der Waals surface area contributed by atoms with Crippen molar-refractivity contribution in [3.63, 3.8) is 0 Å². The number of nitrogens with zero attached hydrogens (tertiary/aromatic N) is 1. The Labute approximate surface area is 86.7 Å². The van der Waals surface area contributed by atoms with Crippen molar-refractivity contribution in [2.45, 2.75) is 13.8 Å². The minimum atomic E-state index is -0.312. The van der Waals surface area contributed by atoms with Crippen LogP contribution in [0.5, 0.6) is 0 Å². The fourth-order valence-corrected chi connectivity index (χ4v) is 1.44. The lowest BCUT2D eigenvalue weighted by molar-refractivity contribution is 0.436. The second-order valence-electron chi connectivity index (χ2n) is 3.52. The van der Waals surface area contributed by atoms with Gasteiger partial charge < -0.3 is 10.3 Å². The van der Waals surface area contributed by atoms with Crippen molar-refractivity contribution in [1.82, 2.24) is 5.16 Å². The van der Waals surface area contributed by atoms with Crippen LogP contribution in [0.15, 0.2) is 22.9 Å². The predicted molar refractivity (Wildman–Crippen MR) is 55.8 cm³/mol. The van der Waals surface area contributed by atoms with Crippen molar-refractivity contribution in [2.75, 3.05) is 5.73 Å². The number of aryl methyl sites for hydroxylation is 2. The minimum absolute atomic E-state index is 0.136. The lowest BCUT2D eigenvalue weighted by Gasteiger charge is -2.05. The molecule has 0 saturated carbocycles. The van der Waals surface area contributed by atoms with E-state index in [1.54, 1.807) is 6.07 Å². The van der Waals surface area contributed by atoms with E-state index in [0.29, 0.717) is 11.1 Å². The van der Waals surface area contributed by atoms with Gasteiger partial charge in [-0.3, -0.25) is 0 Å². The van der Waals surface area contributed by atoms with Gasteiger partial charge in [0.2, 0.25) is 5.88 Å².